The highest BCUT2D eigenvalue weighted by Gasteiger charge is 2.20. The highest BCUT2D eigenvalue weighted by atomic mass is 32.2. The van der Waals surface area contributed by atoms with Gasteiger partial charge in [-0.1, -0.05) is 0 Å². The first-order chi connectivity index (χ1) is 8.40. The maximum Gasteiger partial charge on any atom is 0.265 e. The summed E-state index contributed by atoms with van der Waals surface area (Å²) in [7, 11) is -4.00. The van der Waals surface area contributed by atoms with Gasteiger partial charge in [-0.3, -0.25) is 9.82 Å². The maximum atomic E-state index is 13.6. The Bertz CT molecular complexity index is 681. The number of rotatable bonds is 3. The second-order valence-corrected chi connectivity index (χ2v) is 5.37. The molecule has 6 nitrogen and oxygen atoms in total. The summed E-state index contributed by atoms with van der Waals surface area (Å²) in [5, 5.41) is 6.15. The number of hydrogen-bond donors (Lipinski definition) is 3. The Balaban J connectivity index is 2.40. The molecule has 1 heterocycles. The Morgan fingerprint density at radius 2 is 2.17 bits per heavy atom. The molecule has 0 unspecified atom stereocenters. The number of aromatic amines is 1. The van der Waals surface area contributed by atoms with Gasteiger partial charge in [-0.2, -0.15) is 5.10 Å². The van der Waals surface area contributed by atoms with Crippen molar-refractivity contribution in [3.05, 3.63) is 35.8 Å². The molecule has 0 aliphatic rings. The monoisotopic (exact) mass is 270 g/mol. The molecule has 18 heavy (non-hydrogen) atoms. The Morgan fingerprint density at radius 1 is 1.44 bits per heavy atom. The average Bonchev–Trinajstić information content (AvgIpc) is 2.63. The molecule has 2 rings (SSSR count). The summed E-state index contributed by atoms with van der Waals surface area (Å²) in [5.74, 6) is -0.703. The standard InChI is InChI=1S/C10H11FN4O2S/c1-6-5-13-14-10(6)15-18(16,17)9-3-2-7(12)4-8(9)11/h2-5H,12H2,1H3,(H2,13,14,15). The lowest BCUT2D eigenvalue weighted by Gasteiger charge is -2.08. The topological polar surface area (TPSA) is 101 Å². The van der Waals surface area contributed by atoms with Crippen LogP contribution >= 0.6 is 0 Å². The van der Waals surface area contributed by atoms with Gasteiger partial charge in [0.05, 0.1) is 6.20 Å². The van der Waals surface area contributed by atoms with Crippen molar-refractivity contribution in [1.82, 2.24) is 10.2 Å². The number of H-pyrrole nitrogens is 1. The first-order valence-corrected chi connectivity index (χ1v) is 6.46. The van der Waals surface area contributed by atoms with Crippen molar-refractivity contribution >= 4 is 21.5 Å². The van der Waals surface area contributed by atoms with Crippen molar-refractivity contribution in [1.29, 1.82) is 0 Å². The second-order valence-electron chi connectivity index (χ2n) is 3.72. The van der Waals surface area contributed by atoms with E-state index in [0.29, 0.717) is 5.56 Å². The van der Waals surface area contributed by atoms with E-state index >= 15 is 0 Å². The van der Waals surface area contributed by atoms with Crippen molar-refractivity contribution in [3.63, 3.8) is 0 Å². The molecule has 96 valence electrons. The molecule has 0 aliphatic heterocycles. The molecule has 0 bridgehead atoms. The number of aromatic nitrogens is 2. The minimum atomic E-state index is -4.00. The van der Waals surface area contributed by atoms with Crippen LogP contribution in [0.2, 0.25) is 0 Å². The average molecular weight is 270 g/mol. The molecule has 0 aliphatic carbocycles. The smallest absolute Gasteiger partial charge is 0.265 e. The Morgan fingerprint density at radius 3 is 2.72 bits per heavy atom. The first kappa shape index (κ1) is 12.4. The van der Waals surface area contributed by atoms with E-state index in [1.807, 2.05) is 0 Å². The third-order valence-electron chi connectivity index (χ3n) is 2.31. The van der Waals surface area contributed by atoms with Crippen LogP contribution in [0.5, 0.6) is 0 Å². The predicted octanol–water partition coefficient (Wildman–Crippen LogP) is 1.24. The largest absolute Gasteiger partial charge is 0.399 e. The number of sulfonamides is 1. The van der Waals surface area contributed by atoms with E-state index in [1.54, 1.807) is 6.92 Å². The molecule has 2 aromatic rings. The van der Waals surface area contributed by atoms with Gasteiger partial charge in [0.15, 0.2) is 0 Å². The minimum absolute atomic E-state index is 0.157. The van der Waals surface area contributed by atoms with Crippen LogP contribution in [-0.2, 0) is 10.0 Å². The zero-order chi connectivity index (χ0) is 13.3. The molecular weight excluding hydrogens is 259 g/mol. The van der Waals surface area contributed by atoms with Gasteiger partial charge in [0.25, 0.3) is 10.0 Å². The molecule has 0 radical (unpaired) electrons. The van der Waals surface area contributed by atoms with Crippen LogP contribution in [0.1, 0.15) is 5.56 Å². The Hall–Kier alpha value is -2.09. The molecule has 1 aromatic carbocycles. The lowest BCUT2D eigenvalue weighted by Crippen LogP contribution is -2.15. The van der Waals surface area contributed by atoms with Crippen LogP contribution in [0, 0.1) is 12.7 Å². The molecular formula is C10H11FN4O2S. The van der Waals surface area contributed by atoms with E-state index in [-0.39, 0.29) is 11.5 Å². The van der Waals surface area contributed by atoms with Crippen LogP contribution < -0.4 is 10.5 Å². The number of halogens is 1. The SMILES string of the molecule is Cc1cn[nH]c1NS(=O)(=O)c1ccc(N)cc1F. The third-order valence-corrected chi connectivity index (χ3v) is 3.69. The van der Waals surface area contributed by atoms with Gasteiger partial charge in [-0.05, 0) is 25.1 Å². The van der Waals surface area contributed by atoms with E-state index in [9.17, 15) is 12.8 Å². The van der Waals surface area contributed by atoms with E-state index in [2.05, 4.69) is 14.9 Å². The van der Waals surface area contributed by atoms with Crippen LogP contribution in [0.15, 0.2) is 29.3 Å². The first-order valence-electron chi connectivity index (χ1n) is 4.98. The summed E-state index contributed by atoms with van der Waals surface area (Å²) < 4.78 is 39.7. The molecule has 0 saturated carbocycles. The van der Waals surface area contributed by atoms with Gasteiger partial charge in [0.2, 0.25) is 0 Å². The Labute approximate surface area is 103 Å². The minimum Gasteiger partial charge on any atom is -0.399 e. The van der Waals surface area contributed by atoms with E-state index in [1.165, 1.54) is 12.3 Å². The van der Waals surface area contributed by atoms with E-state index in [0.717, 1.165) is 12.1 Å². The number of benzene rings is 1. The summed E-state index contributed by atoms with van der Waals surface area (Å²) in [4.78, 5) is -0.467. The van der Waals surface area contributed by atoms with Crippen molar-refractivity contribution in [2.75, 3.05) is 10.5 Å². The number of nitrogens with zero attached hydrogens (tertiary/aromatic N) is 1. The molecule has 0 amide bonds. The molecule has 0 saturated heterocycles. The van der Waals surface area contributed by atoms with Crippen LogP contribution in [0.4, 0.5) is 15.9 Å². The van der Waals surface area contributed by atoms with Gasteiger partial charge in [-0.15, -0.1) is 0 Å². The molecule has 0 fully saturated rings. The molecule has 0 spiro atoms. The fraction of sp³-hybridized carbons (Fsp3) is 0.100. The summed E-state index contributed by atoms with van der Waals surface area (Å²) >= 11 is 0. The molecule has 1 aromatic heterocycles. The molecule has 4 N–H and O–H groups in total. The van der Waals surface area contributed by atoms with Crippen LogP contribution in [0.3, 0.4) is 0 Å². The predicted molar refractivity (Wildman–Crippen MR) is 64.9 cm³/mol. The van der Waals surface area contributed by atoms with Crippen molar-refractivity contribution in [2.24, 2.45) is 0 Å². The normalized spacial score (nSPS) is 11.4. The second kappa shape index (κ2) is 4.30. The number of aryl methyl sites for hydroxylation is 1. The fourth-order valence-electron chi connectivity index (χ4n) is 1.37. The van der Waals surface area contributed by atoms with Crippen molar-refractivity contribution in [2.45, 2.75) is 11.8 Å². The summed E-state index contributed by atoms with van der Waals surface area (Å²) in [5.41, 5.74) is 6.12. The lowest BCUT2D eigenvalue weighted by molar-refractivity contribution is 0.570. The fourth-order valence-corrected chi connectivity index (χ4v) is 2.52. The quantitative estimate of drug-likeness (QED) is 0.730. The Kier molecular flexibility index (Phi) is 2.95. The number of nitrogen functional groups attached to an aromatic ring is 1. The van der Waals surface area contributed by atoms with E-state index < -0.39 is 20.7 Å². The maximum absolute atomic E-state index is 13.6. The summed E-state index contributed by atoms with van der Waals surface area (Å²) in [6.07, 6.45) is 1.46. The van der Waals surface area contributed by atoms with Crippen LogP contribution in [0.25, 0.3) is 0 Å². The molecule has 8 heteroatoms. The number of nitrogens with one attached hydrogen (secondary N) is 2. The zero-order valence-electron chi connectivity index (χ0n) is 9.44. The zero-order valence-corrected chi connectivity index (χ0v) is 10.3. The summed E-state index contributed by atoms with van der Waals surface area (Å²) in [6.45, 7) is 1.67. The van der Waals surface area contributed by atoms with Crippen molar-refractivity contribution < 1.29 is 12.8 Å². The third kappa shape index (κ3) is 2.28. The number of anilines is 2. The van der Waals surface area contributed by atoms with Gasteiger partial charge in [0.1, 0.15) is 16.5 Å². The van der Waals surface area contributed by atoms with E-state index in [4.69, 9.17) is 5.73 Å². The highest BCUT2D eigenvalue weighted by Crippen LogP contribution is 2.20. The van der Waals surface area contributed by atoms with Crippen LogP contribution in [-0.4, -0.2) is 18.6 Å². The van der Waals surface area contributed by atoms with Gasteiger partial charge >= 0.3 is 0 Å². The van der Waals surface area contributed by atoms with Gasteiger partial charge in [-0.25, -0.2) is 12.8 Å². The summed E-state index contributed by atoms with van der Waals surface area (Å²) in [6, 6.07) is 3.38. The van der Waals surface area contributed by atoms with Gasteiger partial charge in [0, 0.05) is 11.3 Å². The van der Waals surface area contributed by atoms with Crippen molar-refractivity contribution in [3.8, 4) is 0 Å². The lowest BCUT2D eigenvalue weighted by atomic mass is 10.3. The highest BCUT2D eigenvalue weighted by molar-refractivity contribution is 7.92. The number of hydrogen-bond acceptors (Lipinski definition) is 4. The van der Waals surface area contributed by atoms with Gasteiger partial charge < -0.3 is 5.73 Å². The number of nitrogens with two attached hydrogens (primary N) is 1. The molecule has 0 atom stereocenters.